The van der Waals surface area contributed by atoms with E-state index in [0.717, 1.165) is 5.56 Å². The number of anilines is 1. The van der Waals surface area contributed by atoms with Gasteiger partial charge in [-0.15, -0.1) is 0 Å². The maximum Gasteiger partial charge on any atom is 0.341 e. The molecular weight excluding hydrogens is 268 g/mol. The molecule has 0 saturated carbocycles. The van der Waals surface area contributed by atoms with Crippen LogP contribution in [-0.2, 0) is 18.2 Å². The molecule has 0 radical (unpaired) electrons. The molecule has 21 heavy (non-hydrogen) atoms. The van der Waals surface area contributed by atoms with E-state index in [4.69, 9.17) is 4.74 Å². The van der Waals surface area contributed by atoms with E-state index in [-0.39, 0.29) is 12.0 Å². The molecule has 0 atom stereocenters. The van der Waals surface area contributed by atoms with Crippen LogP contribution in [0.4, 0.5) is 5.82 Å². The number of carbonyl (C=O) groups is 1. The highest BCUT2D eigenvalue weighted by molar-refractivity contribution is 5.94. The quantitative estimate of drug-likeness (QED) is 0.824. The summed E-state index contributed by atoms with van der Waals surface area (Å²) in [4.78, 5) is 16.3. The summed E-state index contributed by atoms with van der Waals surface area (Å²) in [5, 5.41) is 7.22. The van der Waals surface area contributed by atoms with Gasteiger partial charge in [-0.3, -0.25) is 4.68 Å². The minimum Gasteiger partial charge on any atom is -0.462 e. The Kier molecular flexibility index (Phi) is 4.92. The van der Waals surface area contributed by atoms with Crippen molar-refractivity contribution in [3.8, 4) is 0 Å². The zero-order valence-corrected chi connectivity index (χ0v) is 12.5. The van der Waals surface area contributed by atoms with Gasteiger partial charge < -0.3 is 10.1 Å². The Balaban J connectivity index is 1.94. The number of ether oxygens (including phenoxy) is 1. The van der Waals surface area contributed by atoms with Crippen LogP contribution in [-0.4, -0.2) is 33.4 Å². The van der Waals surface area contributed by atoms with Crippen LogP contribution in [0.15, 0.2) is 30.7 Å². The first-order chi connectivity index (χ1) is 10.1. The minimum atomic E-state index is -0.366. The van der Waals surface area contributed by atoms with Gasteiger partial charge in [-0.05, 0) is 31.5 Å². The van der Waals surface area contributed by atoms with Crippen LogP contribution in [0.25, 0.3) is 0 Å². The second-order valence-corrected chi connectivity index (χ2v) is 5.11. The summed E-state index contributed by atoms with van der Waals surface area (Å²) in [5.41, 5.74) is 1.49. The fourth-order valence-electron chi connectivity index (χ4n) is 1.90. The highest BCUT2D eigenvalue weighted by atomic mass is 16.5. The first-order valence-electron chi connectivity index (χ1n) is 6.92. The first-order valence-corrected chi connectivity index (χ1v) is 6.92. The molecule has 0 aliphatic carbocycles. The van der Waals surface area contributed by atoms with E-state index in [0.29, 0.717) is 24.4 Å². The standard InChI is InChI=1S/C15H20N4O2/c1-11(2)18-14-13(5-4-7-16-14)15(20)21-8-6-12-9-17-19(3)10-12/h4-5,7,9-11H,6,8H2,1-3H3,(H,16,18). The zero-order chi connectivity index (χ0) is 15.2. The Morgan fingerprint density at radius 2 is 2.29 bits per heavy atom. The van der Waals surface area contributed by atoms with Gasteiger partial charge in [0.05, 0.1) is 12.8 Å². The Hall–Kier alpha value is -2.37. The fourth-order valence-corrected chi connectivity index (χ4v) is 1.90. The average Bonchev–Trinajstić information content (AvgIpc) is 2.84. The predicted molar refractivity (Wildman–Crippen MR) is 80.2 cm³/mol. The van der Waals surface area contributed by atoms with Crippen molar-refractivity contribution in [2.75, 3.05) is 11.9 Å². The molecule has 0 aliphatic heterocycles. The molecule has 0 bridgehead atoms. The zero-order valence-electron chi connectivity index (χ0n) is 12.5. The van der Waals surface area contributed by atoms with Gasteiger partial charge in [-0.1, -0.05) is 0 Å². The maximum atomic E-state index is 12.1. The van der Waals surface area contributed by atoms with Gasteiger partial charge in [-0.25, -0.2) is 9.78 Å². The highest BCUT2D eigenvalue weighted by Gasteiger charge is 2.14. The largest absolute Gasteiger partial charge is 0.462 e. The van der Waals surface area contributed by atoms with Crippen LogP contribution >= 0.6 is 0 Å². The van der Waals surface area contributed by atoms with Gasteiger partial charge in [0, 0.05) is 31.9 Å². The van der Waals surface area contributed by atoms with E-state index < -0.39 is 0 Å². The number of aryl methyl sites for hydroxylation is 1. The second-order valence-electron chi connectivity index (χ2n) is 5.11. The van der Waals surface area contributed by atoms with Crippen molar-refractivity contribution in [3.63, 3.8) is 0 Å². The molecule has 2 aromatic heterocycles. The van der Waals surface area contributed by atoms with Crippen LogP contribution in [0.1, 0.15) is 29.8 Å². The molecule has 0 aliphatic rings. The van der Waals surface area contributed by atoms with Gasteiger partial charge in [0.2, 0.25) is 0 Å². The molecule has 0 saturated heterocycles. The molecular formula is C15H20N4O2. The molecule has 2 heterocycles. The van der Waals surface area contributed by atoms with Crippen LogP contribution < -0.4 is 5.32 Å². The summed E-state index contributed by atoms with van der Waals surface area (Å²) in [7, 11) is 1.86. The number of esters is 1. The van der Waals surface area contributed by atoms with Gasteiger partial charge in [0.1, 0.15) is 11.4 Å². The lowest BCUT2D eigenvalue weighted by Crippen LogP contribution is -2.16. The van der Waals surface area contributed by atoms with Crippen LogP contribution in [0, 0.1) is 0 Å². The van der Waals surface area contributed by atoms with Crippen molar-refractivity contribution in [2.45, 2.75) is 26.3 Å². The van der Waals surface area contributed by atoms with Gasteiger partial charge >= 0.3 is 5.97 Å². The summed E-state index contributed by atoms with van der Waals surface area (Å²) < 4.78 is 7.03. The number of hydrogen-bond donors (Lipinski definition) is 1. The third kappa shape index (κ3) is 4.30. The Morgan fingerprint density at radius 3 is 2.95 bits per heavy atom. The molecule has 0 fully saturated rings. The SMILES string of the molecule is CC(C)Nc1ncccc1C(=O)OCCc1cnn(C)c1. The summed E-state index contributed by atoms with van der Waals surface area (Å²) in [6.07, 6.45) is 5.97. The highest BCUT2D eigenvalue weighted by Crippen LogP contribution is 2.14. The van der Waals surface area contributed by atoms with Gasteiger partial charge in [0.25, 0.3) is 0 Å². The average molecular weight is 288 g/mol. The Bertz CT molecular complexity index is 607. The van der Waals surface area contributed by atoms with Crippen molar-refractivity contribution >= 4 is 11.8 Å². The smallest absolute Gasteiger partial charge is 0.341 e. The summed E-state index contributed by atoms with van der Waals surface area (Å²) >= 11 is 0. The summed E-state index contributed by atoms with van der Waals surface area (Å²) in [6, 6.07) is 3.63. The monoisotopic (exact) mass is 288 g/mol. The van der Waals surface area contributed by atoms with Crippen molar-refractivity contribution in [3.05, 3.63) is 41.9 Å². The summed E-state index contributed by atoms with van der Waals surface area (Å²) in [5.74, 6) is 0.189. The van der Waals surface area contributed by atoms with E-state index in [1.807, 2.05) is 27.1 Å². The molecule has 6 nitrogen and oxygen atoms in total. The lowest BCUT2D eigenvalue weighted by Gasteiger charge is -2.12. The van der Waals surface area contributed by atoms with E-state index in [1.54, 1.807) is 29.2 Å². The van der Waals surface area contributed by atoms with Crippen molar-refractivity contribution in [1.82, 2.24) is 14.8 Å². The number of carbonyl (C=O) groups excluding carboxylic acids is 1. The lowest BCUT2D eigenvalue weighted by atomic mass is 10.2. The van der Waals surface area contributed by atoms with E-state index in [9.17, 15) is 4.79 Å². The number of hydrogen-bond acceptors (Lipinski definition) is 5. The van der Waals surface area contributed by atoms with Crippen LogP contribution in [0.5, 0.6) is 0 Å². The van der Waals surface area contributed by atoms with Gasteiger partial charge in [-0.2, -0.15) is 5.10 Å². The third-order valence-electron chi connectivity index (χ3n) is 2.84. The van der Waals surface area contributed by atoms with E-state index >= 15 is 0 Å². The van der Waals surface area contributed by atoms with Crippen molar-refractivity contribution in [2.24, 2.45) is 7.05 Å². The minimum absolute atomic E-state index is 0.196. The molecule has 0 amide bonds. The second kappa shape index (κ2) is 6.88. The topological polar surface area (TPSA) is 69.0 Å². The molecule has 2 rings (SSSR count). The number of aromatic nitrogens is 3. The molecule has 0 spiro atoms. The van der Waals surface area contributed by atoms with Crippen molar-refractivity contribution in [1.29, 1.82) is 0 Å². The molecule has 2 aromatic rings. The Morgan fingerprint density at radius 1 is 1.48 bits per heavy atom. The summed E-state index contributed by atoms with van der Waals surface area (Å²) in [6.45, 7) is 4.30. The third-order valence-corrected chi connectivity index (χ3v) is 2.84. The van der Waals surface area contributed by atoms with Crippen molar-refractivity contribution < 1.29 is 9.53 Å². The molecule has 6 heteroatoms. The van der Waals surface area contributed by atoms with E-state index in [1.165, 1.54) is 0 Å². The molecule has 0 unspecified atom stereocenters. The molecule has 1 N–H and O–H groups in total. The number of nitrogens with one attached hydrogen (secondary N) is 1. The van der Waals surface area contributed by atoms with Crippen LogP contribution in [0.2, 0.25) is 0 Å². The van der Waals surface area contributed by atoms with Gasteiger partial charge in [0.15, 0.2) is 0 Å². The van der Waals surface area contributed by atoms with E-state index in [2.05, 4.69) is 15.4 Å². The van der Waals surface area contributed by atoms with Crippen LogP contribution in [0.3, 0.4) is 0 Å². The maximum absolute atomic E-state index is 12.1. The lowest BCUT2D eigenvalue weighted by molar-refractivity contribution is 0.0510. The fraction of sp³-hybridized carbons (Fsp3) is 0.400. The molecule has 112 valence electrons. The molecule has 0 aromatic carbocycles. The normalized spacial score (nSPS) is 10.7. The number of nitrogens with zero attached hydrogens (tertiary/aromatic N) is 3. The number of rotatable bonds is 6. The number of pyridine rings is 1. The Labute approximate surface area is 124 Å². The predicted octanol–water partition coefficient (Wildman–Crippen LogP) is 2.03. The first kappa shape index (κ1) is 15.0.